The maximum atomic E-state index is 9.10. The lowest BCUT2D eigenvalue weighted by atomic mass is 10.0. The first-order valence-electron chi connectivity index (χ1n) is 9.35. The molecule has 27 heavy (non-hydrogen) atoms. The van der Waals surface area contributed by atoms with E-state index in [1.807, 2.05) is 6.08 Å². The number of carboxylic acid groups (broad SMARTS) is 2. The molecular weight excluding hydrogens is 346 g/mol. The molecule has 0 spiro atoms. The molecule has 0 aromatic heterocycles. The van der Waals surface area contributed by atoms with Gasteiger partial charge < -0.3 is 19.8 Å². The van der Waals surface area contributed by atoms with Crippen LogP contribution in [0.1, 0.15) is 37.3 Å². The van der Waals surface area contributed by atoms with E-state index in [2.05, 4.69) is 43.5 Å². The van der Waals surface area contributed by atoms with Gasteiger partial charge in [0.2, 0.25) is 0 Å². The van der Waals surface area contributed by atoms with Crippen molar-refractivity contribution in [3.05, 3.63) is 42.0 Å². The number of carboxylic acids is 2. The number of likely N-dealkylation sites (tertiary alicyclic amines) is 1. The molecule has 2 rings (SSSR count). The van der Waals surface area contributed by atoms with Gasteiger partial charge in [0.25, 0.3) is 0 Å². The fourth-order valence-electron chi connectivity index (χ4n) is 3.12. The lowest BCUT2D eigenvalue weighted by molar-refractivity contribution is -0.159. The summed E-state index contributed by atoms with van der Waals surface area (Å²) >= 11 is 0. The summed E-state index contributed by atoms with van der Waals surface area (Å²) in [5.41, 5.74) is 2.53. The van der Waals surface area contributed by atoms with E-state index in [0.29, 0.717) is 0 Å². The SMILES string of the molecule is C=CCc1cc(C)ccc1OCCCN1CCCC(C)C1.O=C(O)C(=O)O. The molecule has 2 N–H and O–H groups in total. The van der Waals surface area contributed by atoms with Crippen LogP contribution in [0.25, 0.3) is 0 Å². The van der Waals surface area contributed by atoms with Crippen molar-refractivity contribution in [2.45, 2.75) is 39.5 Å². The Morgan fingerprint density at radius 1 is 1.33 bits per heavy atom. The Bertz CT molecular complexity index is 617. The number of aliphatic carboxylic acids is 2. The molecule has 1 aromatic carbocycles. The molecule has 1 fully saturated rings. The Morgan fingerprint density at radius 3 is 2.63 bits per heavy atom. The van der Waals surface area contributed by atoms with Crippen molar-refractivity contribution in [2.24, 2.45) is 5.92 Å². The molecule has 1 aliphatic rings. The predicted molar refractivity (Wildman–Crippen MR) is 105 cm³/mol. The van der Waals surface area contributed by atoms with Gasteiger partial charge in [-0.1, -0.05) is 30.7 Å². The van der Waals surface area contributed by atoms with Crippen molar-refractivity contribution in [3.63, 3.8) is 0 Å². The molecule has 1 aliphatic heterocycles. The van der Waals surface area contributed by atoms with Crippen LogP contribution in [-0.2, 0) is 16.0 Å². The van der Waals surface area contributed by atoms with Gasteiger partial charge in [0.1, 0.15) is 5.75 Å². The first-order valence-corrected chi connectivity index (χ1v) is 9.35. The molecule has 1 unspecified atom stereocenters. The zero-order chi connectivity index (χ0) is 20.2. The van der Waals surface area contributed by atoms with Gasteiger partial charge in [-0.25, -0.2) is 9.59 Å². The Balaban J connectivity index is 0.000000527. The van der Waals surface area contributed by atoms with Crippen LogP contribution in [-0.4, -0.2) is 53.3 Å². The van der Waals surface area contributed by atoms with Crippen LogP contribution in [0.2, 0.25) is 0 Å². The fraction of sp³-hybridized carbons (Fsp3) is 0.524. The number of benzene rings is 1. The average Bonchev–Trinajstić information content (AvgIpc) is 2.61. The van der Waals surface area contributed by atoms with E-state index in [1.165, 1.54) is 37.1 Å². The number of allylic oxidation sites excluding steroid dienone is 1. The summed E-state index contributed by atoms with van der Waals surface area (Å²) < 4.78 is 5.99. The van der Waals surface area contributed by atoms with Gasteiger partial charge in [0, 0.05) is 13.1 Å². The largest absolute Gasteiger partial charge is 0.493 e. The predicted octanol–water partition coefficient (Wildman–Crippen LogP) is 3.38. The van der Waals surface area contributed by atoms with Gasteiger partial charge in [-0.3, -0.25) is 0 Å². The molecule has 1 atom stereocenters. The van der Waals surface area contributed by atoms with Gasteiger partial charge >= 0.3 is 11.9 Å². The number of rotatable bonds is 7. The molecule has 0 amide bonds. The Labute approximate surface area is 161 Å². The summed E-state index contributed by atoms with van der Waals surface area (Å²) in [4.78, 5) is 20.8. The second-order valence-electron chi connectivity index (χ2n) is 6.96. The molecule has 6 nitrogen and oxygen atoms in total. The van der Waals surface area contributed by atoms with Crippen molar-refractivity contribution in [2.75, 3.05) is 26.2 Å². The molecule has 1 saturated heterocycles. The highest BCUT2D eigenvalue weighted by Gasteiger charge is 2.15. The van der Waals surface area contributed by atoms with Gasteiger partial charge in [-0.15, -0.1) is 6.58 Å². The van der Waals surface area contributed by atoms with E-state index in [-0.39, 0.29) is 0 Å². The van der Waals surface area contributed by atoms with Gasteiger partial charge in [0.15, 0.2) is 0 Å². The topological polar surface area (TPSA) is 87.1 Å². The number of piperidine rings is 1. The summed E-state index contributed by atoms with van der Waals surface area (Å²) in [5, 5.41) is 14.8. The normalized spacial score (nSPS) is 16.7. The molecule has 0 saturated carbocycles. The molecule has 150 valence electrons. The van der Waals surface area contributed by atoms with Crippen molar-refractivity contribution in [3.8, 4) is 5.75 Å². The van der Waals surface area contributed by atoms with Crippen LogP contribution >= 0.6 is 0 Å². The van der Waals surface area contributed by atoms with E-state index in [9.17, 15) is 0 Å². The van der Waals surface area contributed by atoms with E-state index < -0.39 is 11.9 Å². The van der Waals surface area contributed by atoms with Crippen molar-refractivity contribution in [1.29, 1.82) is 0 Å². The first-order chi connectivity index (χ1) is 12.8. The third-order valence-corrected chi connectivity index (χ3v) is 4.38. The highest BCUT2D eigenvalue weighted by molar-refractivity contribution is 6.27. The van der Waals surface area contributed by atoms with Crippen LogP contribution < -0.4 is 4.74 Å². The van der Waals surface area contributed by atoms with E-state index in [0.717, 1.165) is 37.7 Å². The van der Waals surface area contributed by atoms with Gasteiger partial charge in [-0.2, -0.15) is 0 Å². The molecular formula is C21H31NO5. The van der Waals surface area contributed by atoms with Crippen LogP contribution in [0, 0.1) is 12.8 Å². The number of nitrogens with zero attached hydrogens (tertiary/aromatic N) is 1. The number of carbonyl (C=O) groups is 2. The molecule has 1 heterocycles. The lowest BCUT2D eigenvalue weighted by Crippen LogP contribution is -2.35. The zero-order valence-electron chi connectivity index (χ0n) is 16.3. The second kappa shape index (κ2) is 12.1. The molecule has 0 aliphatic carbocycles. The van der Waals surface area contributed by atoms with Crippen LogP contribution in [0.5, 0.6) is 5.75 Å². The highest BCUT2D eigenvalue weighted by atomic mass is 16.5. The fourth-order valence-corrected chi connectivity index (χ4v) is 3.12. The summed E-state index contributed by atoms with van der Waals surface area (Å²) in [6.07, 6.45) is 6.66. The van der Waals surface area contributed by atoms with Gasteiger partial charge in [0.05, 0.1) is 6.61 Å². The highest BCUT2D eigenvalue weighted by Crippen LogP contribution is 2.21. The van der Waals surface area contributed by atoms with Gasteiger partial charge in [-0.05, 0) is 56.7 Å². The molecule has 1 aromatic rings. The standard InChI is InChI=1S/C19H29NO.C2H2O4/c1-4-7-18-14-16(2)9-10-19(18)21-13-6-12-20-11-5-8-17(3)15-20;3-1(4)2(5)6/h4,9-10,14,17H,1,5-8,11-13,15H2,2-3H3;(H,3,4)(H,5,6). The maximum absolute atomic E-state index is 9.10. The lowest BCUT2D eigenvalue weighted by Gasteiger charge is -2.30. The quantitative estimate of drug-likeness (QED) is 0.430. The van der Waals surface area contributed by atoms with Crippen molar-refractivity contribution < 1.29 is 24.5 Å². The number of aryl methyl sites for hydroxylation is 1. The number of hydrogen-bond acceptors (Lipinski definition) is 4. The van der Waals surface area contributed by atoms with E-state index in [1.54, 1.807) is 0 Å². The Hall–Kier alpha value is -2.34. The third-order valence-electron chi connectivity index (χ3n) is 4.38. The Morgan fingerprint density at radius 2 is 2.04 bits per heavy atom. The maximum Gasteiger partial charge on any atom is 0.414 e. The zero-order valence-corrected chi connectivity index (χ0v) is 16.3. The smallest absolute Gasteiger partial charge is 0.414 e. The monoisotopic (exact) mass is 377 g/mol. The minimum absolute atomic E-state index is 0.804. The molecule has 0 radical (unpaired) electrons. The molecule has 6 heteroatoms. The first kappa shape index (κ1) is 22.7. The second-order valence-corrected chi connectivity index (χ2v) is 6.96. The van der Waals surface area contributed by atoms with Crippen LogP contribution in [0.3, 0.4) is 0 Å². The molecule has 0 bridgehead atoms. The summed E-state index contributed by atoms with van der Waals surface area (Å²) in [6, 6.07) is 6.41. The van der Waals surface area contributed by atoms with Crippen LogP contribution in [0.15, 0.2) is 30.9 Å². The summed E-state index contributed by atoms with van der Waals surface area (Å²) in [7, 11) is 0. The summed E-state index contributed by atoms with van der Waals surface area (Å²) in [5.74, 6) is -1.77. The number of hydrogen-bond donors (Lipinski definition) is 2. The van der Waals surface area contributed by atoms with Crippen molar-refractivity contribution in [1.82, 2.24) is 4.90 Å². The van der Waals surface area contributed by atoms with E-state index in [4.69, 9.17) is 24.5 Å². The van der Waals surface area contributed by atoms with E-state index >= 15 is 0 Å². The Kier molecular flexibility index (Phi) is 10.2. The third kappa shape index (κ3) is 9.24. The minimum Gasteiger partial charge on any atom is -0.493 e. The minimum atomic E-state index is -1.82. The van der Waals surface area contributed by atoms with Crippen molar-refractivity contribution >= 4 is 11.9 Å². The summed E-state index contributed by atoms with van der Waals surface area (Å²) in [6.45, 7) is 12.8. The number of ether oxygens (including phenoxy) is 1. The van der Waals surface area contributed by atoms with Crippen LogP contribution in [0.4, 0.5) is 0 Å². The average molecular weight is 377 g/mol.